The minimum atomic E-state index is -0.809. The number of ether oxygens (including phenoxy) is 1. The molecule has 0 rings (SSSR count). The van der Waals surface area contributed by atoms with Crippen LogP contribution in [0.2, 0.25) is 0 Å². The molecule has 5 nitrogen and oxygen atoms in total. The molecule has 0 fully saturated rings. The van der Waals surface area contributed by atoms with Crippen LogP contribution < -0.4 is 0 Å². The van der Waals surface area contributed by atoms with Crippen LogP contribution in [0.1, 0.15) is 34.1 Å². The third kappa shape index (κ3) is 5.23. The van der Waals surface area contributed by atoms with E-state index in [4.69, 9.17) is 0 Å². The number of carbonyl (C=O) groups is 2. The summed E-state index contributed by atoms with van der Waals surface area (Å²) in [5.74, 6) is -1.24. The van der Waals surface area contributed by atoms with Gasteiger partial charge in [-0.3, -0.25) is 4.79 Å². The molecule has 94 valence electrons. The second kappa shape index (κ2) is 6.60. The smallest absolute Gasteiger partial charge is 0.333 e. The highest BCUT2D eigenvalue weighted by atomic mass is 16.6. The average Bonchev–Trinajstić information content (AvgIpc) is 1.98. The van der Waals surface area contributed by atoms with Crippen molar-refractivity contribution in [2.75, 3.05) is 7.05 Å². The predicted molar refractivity (Wildman–Crippen MR) is 58.7 cm³/mol. The van der Waals surface area contributed by atoms with E-state index in [1.807, 2.05) is 13.8 Å². The van der Waals surface area contributed by atoms with E-state index in [1.165, 1.54) is 7.05 Å². The molecular weight excluding hydrogens is 210 g/mol. The first kappa shape index (κ1) is 15.1. The third-order valence-electron chi connectivity index (χ3n) is 2.06. The lowest BCUT2D eigenvalue weighted by Gasteiger charge is -2.23. The molecule has 1 N–H and O–H groups in total. The molecule has 0 aromatic rings. The fourth-order valence-electron chi connectivity index (χ4n) is 1.40. The molecule has 0 aromatic carbocycles. The molecule has 0 heterocycles. The Kier molecular flexibility index (Phi) is 6.21. The normalized spacial score (nSPS) is 13.3. The second-order valence-corrected chi connectivity index (χ2v) is 4.65. The average molecular weight is 231 g/mol. The first-order chi connectivity index (χ1) is 7.25. The minimum Gasteiger partial charge on any atom is -0.392 e. The van der Waals surface area contributed by atoms with Crippen LogP contribution in [-0.4, -0.2) is 35.3 Å². The lowest BCUT2D eigenvalue weighted by Crippen LogP contribution is -2.42. The van der Waals surface area contributed by atoms with Gasteiger partial charge >= 0.3 is 11.9 Å². The van der Waals surface area contributed by atoms with Gasteiger partial charge in [0, 0.05) is 13.5 Å². The summed E-state index contributed by atoms with van der Waals surface area (Å²) in [6, 6.07) is -0.809. The van der Waals surface area contributed by atoms with Gasteiger partial charge in [-0.15, -0.1) is 0 Å². The summed E-state index contributed by atoms with van der Waals surface area (Å²) in [5, 5.41) is 10.0. The Morgan fingerprint density at radius 2 is 1.75 bits per heavy atom. The first-order valence-corrected chi connectivity index (χ1v) is 5.42. The maximum atomic E-state index is 11.6. The van der Waals surface area contributed by atoms with Gasteiger partial charge in [-0.05, 0) is 11.8 Å². The molecule has 0 unspecified atom stereocenters. The number of likely N-dealkylation sites (N-methyl/N-ethyl adjacent to an activating group) is 1. The number of hydroxylamine groups is 2. The maximum absolute atomic E-state index is 11.6. The van der Waals surface area contributed by atoms with Crippen LogP contribution >= 0.6 is 0 Å². The molecule has 0 radical (unpaired) electrons. The Labute approximate surface area is 96.3 Å². The molecule has 0 saturated heterocycles. The summed E-state index contributed by atoms with van der Waals surface area (Å²) in [5.41, 5.74) is 0. The zero-order chi connectivity index (χ0) is 12.9. The van der Waals surface area contributed by atoms with Crippen LogP contribution in [0.4, 0.5) is 0 Å². The number of rotatable bonds is 5. The molecular formula is C11H21NO4. The third-order valence-corrected chi connectivity index (χ3v) is 2.06. The fourth-order valence-corrected chi connectivity index (χ4v) is 1.40. The molecule has 0 aliphatic carbocycles. The van der Waals surface area contributed by atoms with E-state index < -0.39 is 18.0 Å². The molecule has 0 aliphatic heterocycles. The van der Waals surface area contributed by atoms with E-state index in [-0.39, 0.29) is 18.3 Å². The van der Waals surface area contributed by atoms with Crippen molar-refractivity contribution in [3.8, 4) is 0 Å². The summed E-state index contributed by atoms with van der Waals surface area (Å²) >= 11 is 0. The number of carbonyl (C=O) groups excluding carboxylic acids is 2. The van der Waals surface area contributed by atoms with E-state index in [0.717, 1.165) is 5.06 Å². The summed E-state index contributed by atoms with van der Waals surface area (Å²) in [7, 11) is 1.36. The highest BCUT2D eigenvalue weighted by Gasteiger charge is 2.29. The predicted octanol–water partition coefficient (Wildman–Crippen LogP) is 1.45. The molecule has 5 heteroatoms. The standard InChI is InChI=1S/C11H21NO4/c1-7(2)6-9(13)16-11(14)10(8(3)4)12(5)15/h7-8,10,15H,6H2,1-5H3/t10-/m0/s1. The quantitative estimate of drug-likeness (QED) is 0.440. The SMILES string of the molecule is CC(C)CC(=O)OC(=O)[C@H](C(C)C)N(C)O. The van der Waals surface area contributed by atoms with Crippen LogP contribution in [0, 0.1) is 11.8 Å². The second-order valence-electron chi connectivity index (χ2n) is 4.65. The summed E-state index contributed by atoms with van der Waals surface area (Å²) in [6.45, 7) is 7.27. The van der Waals surface area contributed by atoms with Gasteiger partial charge in [-0.2, -0.15) is 5.06 Å². The van der Waals surface area contributed by atoms with Gasteiger partial charge in [0.25, 0.3) is 0 Å². The number of nitrogens with zero attached hydrogens (tertiary/aromatic N) is 1. The molecule has 0 aliphatic rings. The lowest BCUT2D eigenvalue weighted by molar-refractivity contribution is -0.179. The minimum absolute atomic E-state index is 0.130. The summed E-state index contributed by atoms with van der Waals surface area (Å²) < 4.78 is 4.67. The zero-order valence-electron chi connectivity index (χ0n) is 10.6. The van der Waals surface area contributed by atoms with Gasteiger partial charge in [0.1, 0.15) is 6.04 Å². The van der Waals surface area contributed by atoms with Crippen LogP contribution in [-0.2, 0) is 14.3 Å². The van der Waals surface area contributed by atoms with E-state index >= 15 is 0 Å². The van der Waals surface area contributed by atoms with Crippen molar-refractivity contribution in [3.05, 3.63) is 0 Å². The van der Waals surface area contributed by atoms with Crippen LogP contribution in [0.25, 0.3) is 0 Å². The Morgan fingerprint density at radius 3 is 2.06 bits per heavy atom. The Balaban J connectivity index is 4.37. The van der Waals surface area contributed by atoms with Gasteiger partial charge in [0.15, 0.2) is 0 Å². The molecule has 16 heavy (non-hydrogen) atoms. The molecule has 0 bridgehead atoms. The zero-order valence-corrected chi connectivity index (χ0v) is 10.6. The monoisotopic (exact) mass is 231 g/mol. The van der Waals surface area contributed by atoms with Gasteiger partial charge in [-0.1, -0.05) is 27.7 Å². The first-order valence-electron chi connectivity index (χ1n) is 5.42. The van der Waals surface area contributed by atoms with Gasteiger partial charge < -0.3 is 9.94 Å². The molecule has 0 saturated carbocycles. The highest BCUT2D eigenvalue weighted by molar-refractivity contribution is 5.88. The van der Waals surface area contributed by atoms with E-state index in [0.29, 0.717) is 0 Å². The number of hydrogen-bond donors (Lipinski definition) is 1. The van der Waals surface area contributed by atoms with Gasteiger partial charge in [0.05, 0.1) is 0 Å². The van der Waals surface area contributed by atoms with Crippen molar-refractivity contribution in [1.29, 1.82) is 0 Å². The summed E-state index contributed by atoms with van der Waals surface area (Å²) in [4.78, 5) is 22.8. The van der Waals surface area contributed by atoms with Crippen molar-refractivity contribution >= 4 is 11.9 Å². The van der Waals surface area contributed by atoms with Crippen molar-refractivity contribution < 1.29 is 19.5 Å². The van der Waals surface area contributed by atoms with Crippen molar-refractivity contribution in [2.45, 2.75) is 40.2 Å². The Morgan fingerprint density at radius 1 is 1.25 bits per heavy atom. The van der Waals surface area contributed by atoms with Gasteiger partial charge in [-0.25, -0.2) is 4.79 Å². The molecule has 1 atom stereocenters. The van der Waals surface area contributed by atoms with E-state index in [9.17, 15) is 14.8 Å². The van der Waals surface area contributed by atoms with E-state index in [2.05, 4.69) is 4.74 Å². The molecule has 0 spiro atoms. The van der Waals surface area contributed by atoms with Crippen LogP contribution in [0.3, 0.4) is 0 Å². The highest BCUT2D eigenvalue weighted by Crippen LogP contribution is 2.10. The largest absolute Gasteiger partial charge is 0.392 e. The van der Waals surface area contributed by atoms with Crippen molar-refractivity contribution in [3.63, 3.8) is 0 Å². The molecule has 0 aromatic heterocycles. The topological polar surface area (TPSA) is 66.8 Å². The van der Waals surface area contributed by atoms with Crippen LogP contribution in [0.5, 0.6) is 0 Å². The van der Waals surface area contributed by atoms with Crippen molar-refractivity contribution in [1.82, 2.24) is 5.06 Å². The fraction of sp³-hybridized carbons (Fsp3) is 0.818. The van der Waals surface area contributed by atoms with Crippen LogP contribution in [0.15, 0.2) is 0 Å². The lowest BCUT2D eigenvalue weighted by atomic mass is 10.0. The van der Waals surface area contributed by atoms with Gasteiger partial charge in [0.2, 0.25) is 0 Å². The molecule has 0 amide bonds. The number of hydrogen-bond acceptors (Lipinski definition) is 5. The summed E-state index contributed by atoms with van der Waals surface area (Å²) in [6.07, 6.45) is 0.200. The van der Waals surface area contributed by atoms with Crippen molar-refractivity contribution in [2.24, 2.45) is 11.8 Å². The number of esters is 2. The Bertz CT molecular complexity index is 240. The Hall–Kier alpha value is -0.940. The van der Waals surface area contributed by atoms with E-state index in [1.54, 1.807) is 13.8 Å². The maximum Gasteiger partial charge on any atom is 0.333 e.